The summed E-state index contributed by atoms with van der Waals surface area (Å²) in [5.74, 6) is 0.724. The molecule has 160 valence electrons. The number of halogens is 2. The van der Waals surface area contributed by atoms with Crippen molar-refractivity contribution < 1.29 is 8.42 Å². The van der Waals surface area contributed by atoms with Crippen molar-refractivity contribution in [3.05, 3.63) is 64.7 Å². The highest BCUT2D eigenvalue weighted by atomic mass is 127. The summed E-state index contributed by atoms with van der Waals surface area (Å²) in [5, 5.41) is 7.25. The van der Waals surface area contributed by atoms with Gasteiger partial charge in [-0.3, -0.25) is 0 Å². The fraction of sp³-hybridized carbons (Fsp3) is 0.350. The molecule has 0 bridgehead atoms. The first-order valence-electron chi connectivity index (χ1n) is 9.11. The maximum atomic E-state index is 12.1. The van der Waals surface area contributed by atoms with Crippen molar-refractivity contribution in [3.8, 4) is 0 Å². The first-order valence-corrected chi connectivity index (χ1v) is 10.9. The summed E-state index contributed by atoms with van der Waals surface area (Å²) in [6.07, 6.45) is 0.860. The Morgan fingerprint density at radius 3 is 2.14 bits per heavy atom. The van der Waals surface area contributed by atoms with Crippen LogP contribution in [0.25, 0.3) is 0 Å². The van der Waals surface area contributed by atoms with E-state index in [1.165, 1.54) is 24.0 Å². The van der Waals surface area contributed by atoms with Crippen LogP contribution in [0.5, 0.6) is 0 Å². The lowest BCUT2D eigenvalue weighted by atomic mass is 10.1. The van der Waals surface area contributed by atoms with E-state index < -0.39 is 10.0 Å². The van der Waals surface area contributed by atoms with Crippen molar-refractivity contribution >= 4 is 51.6 Å². The van der Waals surface area contributed by atoms with Crippen molar-refractivity contribution in [3.63, 3.8) is 0 Å². The number of nitrogens with zero attached hydrogens (tertiary/aromatic N) is 2. The van der Waals surface area contributed by atoms with E-state index in [4.69, 9.17) is 11.6 Å². The van der Waals surface area contributed by atoms with Crippen LogP contribution in [0.3, 0.4) is 0 Å². The molecule has 0 aromatic heterocycles. The largest absolute Gasteiger partial charge is 0.357 e. The van der Waals surface area contributed by atoms with E-state index in [2.05, 4.69) is 15.6 Å². The lowest BCUT2D eigenvalue weighted by Crippen LogP contribution is -2.38. The van der Waals surface area contributed by atoms with Gasteiger partial charge in [0.05, 0.1) is 11.4 Å². The van der Waals surface area contributed by atoms with Crippen LogP contribution in [-0.2, 0) is 23.0 Å². The van der Waals surface area contributed by atoms with Crippen molar-refractivity contribution in [1.29, 1.82) is 0 Å². The third-order valence-corrected chi connectivity index (χ3v) is 6.17. The molecule has 0 atom stereocenters. The van der Waals surface area contributed by atoms with Gasteiger partial charge in [-0.05, 0) is 48.7 Å². The maximum absolute atomic E-state index is 12.1. The molecular formula is C20H28ClIN4O2S. The number of aliphatic imine (C=N–C) groups is 1. The van der Waals surface area contributed by atoms with Crippen LogP contribution in [0.4, 0.5) is 0 Å². The summed E-state index contributed by atoms with van der Waals surface area (Å²) in [6.45, 7) is 3.97. The van der Waals surface area contributed by atoms with Gasteiger partial charge >= 0.3 is 0 Å². The van der Waals surface area contributed by atoms with E-state index >= 15 is 0 Å². The first-order chi connectivity index (χ1) is 13.3. The lowest BCUT2D eigenvalue weighted by Gasteiger charge is -2.12. The van der Waals surface area contributed by atoms with Gasteiger partial charge in [0.2, 0.25) is 10.0 Å². The van der Waals surface area contributed by atoms with Crippen LogP contribution in [0, 0.1) is 0 Å². The van der Waals surface area contributed by atoms with Crippen molar-refractivity contribution in [2.75, 3.05) is 27.2 Å². The van der Waals surface area contributed by atoms with E-state index in [0.29, 0.717) is 6.54 Å². The molecule has 0 saturated heterocycles. The molecule has 2 rings (SSSR count). The Balaban J connectivity index is 0.00000420. The van der Waals surface area contributed by atoms with E-state index in [1.807, 2.05) is 31.2 Å². The molecule has 0 amide bonds. The second-order valence-corrected chi connectivity index (χ2v) is 9.02. The second kappa shape index (κ2) is 12.4. The van der Waals surface area contributed by atoms with Gasteiger partial charge in [-0.25, -0.2) is 17.7 Å². The SMILES string of the molecule is CCNC(=NCc1ccc(S(=O)(=O)N(C)C)cc1)NCCc1ccc(Cl)cc1.I. The van der Waals surface area contributed by atoms with Crippen LogP contribution in [0.2, 0.25) is 5.02 Å². The van der Waals surface area contributed by atoms with E-state index in [1.54, 1.807) is 24.3 Å². The summed E-state index contributed by atoms with van der Waals surface area (Å²) in [6, 6.07) is 14.6. The maximum Gasteiger partial charge on any atom is 0.242 e. The average Bonchev–Trinajstić information content (AvgIpc) is 2.68. The normalized spacial score (nSPS) is 11.8. The molecule has 0 fully saturated rings. The Labute approximate surface area is 195 Å². The first kappa shape index (κ1) is 25.7. The standard InChI is InChI=1S/C20H27ClN4O2S.HI/c1-4-22-20(23-14-13-16-5-9-18(21)10-6-16)24-15-17-7-11-19(12-8-17)28(26,27)25(2)3;/h5-12H,4,13-15H2,1-3H3,(H2,22,23,24);1H. The number of nitrogens with one attached hydrogen (secondary N) is 2. The third-order valence-electron chi connectivity index (χ3n) is 4.09. The molecule has 2 aromatic rings. The van der Waals surface area contributed by atoms with E-state index in [-0.39, 0.29) is 28.9 Å². The molecule has 0 aliphatic carbocycles. The van der Waals surface area contributed by atoms with Crippen molar-refractivity contribution in [2.24, 2.45) is 4.99 Å². The third kappa shape index (κ3) is 8.12. The van der Waals surface area contributed by atoms with Crippen LogP contribution >= 0.6 is 35.6 Å². The van der Waals surface area contributed by atoms with Gasteiger partial charge in [0.25, 0.3) is 0 Å². The summed E-state index contributed by atoms with van der Waals surface area (Å²) in [7, 11) is -0.371. The monoisotopic (exact) mass is 550 g/mol. The quantitative estimate of drug-likeness (QED) is 0.300. The van der Waals surface area contributed by atoms with E-state index in [0.717, 1.165) is 36.1 Å². The summed E-state index contributed by atoms with van der Waals surface area (Å²) < 4.78 is 25.4. The van der Waals surface area contributed by atoms with Crippen molar-refractivity contribution in [1.82, 2.24) is 14.9 Å². The molecule has 2 N–H and O–H groups in total. The molecule has 0 spiro atoms. The fourth-order valence-electron chi connectivity index (χ4n) is 2.47. The van der Waals surface area contributed by atoms with Crippen LogP contribution < -0.4 is 10.6 Å². The fourth-order valence-corrected chi connectivity index (χ4v) is 3.49. The predicted octanol–water partition coefficient (Wildman–Crippen LogP) is 3.51. The number of sulfonamides is 1. The zero-order chi connectivity index (χ0) is 20.6. The zero-order valence-corrected chi connectivity index (χ0v) is 20.8. The van der Waals surface area contributed by atoms with Gasteiger partial charge in [0.1, 0.15) is 0 Å². The molecule has 0 aliphatic rings. The summed E-state index contributed by atoms with van der Waals surface area (Å²) in [4.78, 5) is 4.85. The van der Waals surface area contributed by atoms with Crippen LogP contribution in [0.15, 0.2) is 58.4 Å². The minimum Gasteiger partial charge on any atom is -0.357 e. The molecule has 0 unspecified atom stereocenters. The van der Waals surface area contributed by atoms with Gasteiger partial charge in [-0.2, -0.15) is 0 Å². The zero-order valence-electron chi connectivity index (χ0n) is 16.9. The molecule has 6 nitrogen and oxygen atoms in total. The van der Waals surface area contributed by atoms with Crippen LogP contribution in [0.1, 0.15) is 18.1 Å². The Hall–Kier alpha value is -1.36. The summed E-state index contributed by atoms with van der Waals surface area (Å²) >= 11 is 5.91. The smallest absolute Gasteiger partial charge is 0.242 e. The number of rotatable bonds is 8. The molecule has 0 aliphatic heterocycles. The lowest BCUT2D eigenvalue weighted by molar-refractivity contribution is 0.520. The Morgan fingerprint density at radius 2 is 1.59 bits per heavy atom. The van der Waals surface area contributed by atoms with Gasteiger partial charge in [-0.1, -0.05) is 35.9 Å². The number of hydrogen-bond acceptors (Lipinski definition) is 3. The van der Waals surface area contributed by atoms with Gasteiger partial charge < -0.3 is 10.6 Å². The molecule has 9 heteroatoms. The van der Waals surface area contributed by atoms with Gasteiger partial charge in [0.15, 0.2) is 5.96 Å². The highest BCUT2D eigenvalue weighted by Gasteiger charge is 2.16. The molecule has 29 heavy (non-hydrogen) atoms. The minimum absolute atomic E-state index is 0. The minimum atomic E-state index is -3.41. The molecule has 2 aromatic carbocycles. The van der Waals surface area contributed by atoms with E-state index in [9.17, 15) is 8.42 Å². The highest BCUT2D eigenvalue weighted by Crippen LogP contribution is 2.14. The topological polar surface area (TPSA) is 73.8 Å². The number of guanidine groups is 1. The second-order valence-electron chi connectivity index (χ2n) is 6.43. The molecular weight excluding hydrogens is 523 g/mol. The Morgan fingerprint density at radius 1 is 1.00 bits per heavy atom. The number of hydrogen-bond donors (Lipinski definition) is 2. The van der Waals surface area contributed by atoms with Crippen molar-refractivity contribution in [2.45, 2.75) is 24.8 Å². The molecule has 0 saturated carbocycles. The average molecular weight is 551 g/mol. The highest BCUT2D eigenvalue weighted by molar-refractivity contribution is 14.0. The molecule has 0 radical (unpaired) electrons. The predicted molar refractivity (Wildman–Crippen MR) is 131 cm³/mol. The summed E-state index contributed by atoms with van der Waals surface area (Å²) in [5.41, 5.74) is 2.14. The van der Waals surface area contributed by atoms with Crippen LogP contribution in [-0.4, -0.2) is 45.9 Å². The Kier molecular flexibility index (Phi) is 10.9. The van der Waals surface area contributed by atoms with Gasteiger partial charge in [0, 0.05) is 32.2 Å². The van der Waals surface area contributed by atoms with Gasteiger partial charge in [-0.15, -0.1) is 24.0 Å². The molecule has 0 heterocycles. The number of benzene rings is 2. The Bertz CT molecular complexity index is 886.